The van der Waals surface area contributed by atoms with E-state index < -0.39 is 34.3 Å². The summed E-state index contributed by atoms with van der Waals surface area (Å²) in [5, 5.41) is 2.93. The minimum Gasteiger partial charge on any atom is -0.494 e. The molecule has 0 aliphatic heterocycles. The molecule has 8 nitrogen and oxygen atoms in total. The molecule has 10 heteroatoms. The molecular formula is C36H40FN3O5S. The first kappa shape index (κ1) is 34.2. The smallest absolute Gasteiger partial charge is 0.264 e. The van der Waals surface area contributed by atoms with Gasteiger partial charge in [0.05, 0.1) is 17.2 Å². The zero-order valence-corrected chi connectivity index (χ0v) is 27.2. The number of aryl methyl sites for hydroxylation is 1. The molecule has 1 atom stereocenters. The van der Waals surface area contributed by atoms with Crippen molar-refractivity contribution in [1.82, 2.24) is 10.2 Å². The number of benzene rings is 4. The van der Waals surface area contributed by atoms with Gasteiger partial charge in [-0.3, -0.25) is 13.9 Å². The zero-order valence-electron chi connectivity index (χ0n) is 26.4. The Hall–Kier alpha value is -4.70. The summed E-state index contributed by atoms with van der Waals surface area (Å²) < 4.78 is 48.7. The number of carbonyl (C=O) groups excluding carboxylic acids is 2. The van der Waals surface area contributed by atoms with E-state index in [0.29, 0.717) is 25.3 Å². The Bertz CT molecular complexity index is 1700. The molecule has 0 aliphatic rings. The van der Waals surface area contributed by atoms with Crippen LogP contribution in [-0.4, -0.2) is 50.9 Å². The number of hydrogen-bond acceptors (Lipinski definition) is 5. The van der Waals surface area contributed by atoms with Gasteiger partial charge in [-0.25, -0.2) is 12.8 Å². The predicted molar refractivity (Wildman–Crippen MR) is 178 cm³/mol. The number of ether oxygens (including phenoxy) is 1. The van der Waals surface area contributed by atoms with E-state index in [1.54, 1.807) is 12.1 Å². The second kappa shape index (κ2) is 16.0. The highest BCUT2D eigenvalue weighted by molar-refractivity contribution is 7.92. The maximum absolute atomic E-state index is 14.5. The van der Waals surface area contributed by atoms with E-state index in [1.165, 1.54) is 29.2 Å². The molecule has 0 aromatic heterocycles. The van der Waals surface area contributed by atoms with E-state index in [4.69, 9.17) is 4.74 Å². The van der Waals surface area contributed by atoms with Crippen molar-refractivity contribution < 1.29 is 27.1 Å². The number of nitrogens with zero attached hydrogens (tertiary/aromatic N) is 2. The van der Waals surface area contributed by atoms with Gasteiger partial charge in [0.2, 0.25) is 11.8 Å². The maximum atomic E-state index is 14.5. The maximum Gasteiger partial charge on any atom is 0.264 e. The molecule has 0 saturated carbocycles. The summed E-state index contributed by atoms with van der Waals surface area (Å²) in [6.07, 6.45) is 0.921. The van der Waals surface area contributed by atoms with Crippen molar-refractivity contribution in [2.75, 3.05) is 24.0 Å². The van der Waals surface area contributed by atoms with Crippen LogP contribution in [0.4, 0.5) is 10.1 Å². The van der Waals surface area contributed by atoms with Gasteiger partial charge in [-0.2, -0.15) is 0 Å². The number of anilines is 1. The molecule has 46 heavy (non-hydrogen) atoms. The summed E-state index contributed by atoms with van der Waals surface area (Å²) in [4.78, 5) is 29.6. The lowest BCUT2D eigenvalue weighted by Gasteiger charge is -2.34. The lowest BCUT2D eigenvalue weighted by molar-refractivity contribution is -0.140. The van der Waals surface area contributed by atoms with Crippen molar-refractivity contribution >= 4 is 27.5 Å². The average molecular weight is 646 g/mol. The Morgan fingerprint density at radius 1 is 0.870 bits per heavy atom. The van der Waals surface area contributed by atoms with Gasteiger partial charge >= 0.3 is 0 Å². The van der Waals surface area contributed by atoms with E-state index in [2.05, 4.69) is 5.32 Å². The fourth-order valence-corrected chi connectivity index (χ4v) is 6.44. The third-order valence-corrected chi connectivity index (χ3v) is 9.33. The number of nitrogens with one attached hydrogen (secondary N) is 1. The van der Waals surface area contributed by atoms with Crippen molar-refractivity contribution in [2.45, 2.75) is 51.1 Å². The Labute approximate surface area is 270 Å². The summed E-state index contributed by atoms with van der Waals surface area (Å²) in [5.41, 5.74) is 2.69. The Morgan fingerprint density at radius 3 is 2.15 bits per heavy atom. The second-order valence-corrected chi connectivity index (χ2v) is 12.7. The minimum atomic E-state index is -4.32. The van der Waals surface area contributed by atoms with Crippen LogP contribution in [0.3, 0.4) is 0 Å². The molecule has 4 aromatic rings. The molecule has 4 aromatic carbocycles. The molecule has 4 rings (SSSR count). The van der Waals surface area contributed by atoms with Crippen LogP contribution >= 0.6 is 0 Å². The van der Waals surface area contributed by atoms with Gasteiger partial charge in [0.1, 0.15) is 24.2 Å². The van der Waals surface area contributed by atoms with Crippen molar-refractivity contribution in [3.63, 3.8) is 0 Å². The molecule has 1 N–H and O–H groups in total. The van der Waals surface area contributed by atoms with Crippen molar-refractivity contribution in [1.29, 1.82) is 0 Å². The zero-order chi connectivity index (χ0) is 33.1. The molecule has 0 spiro atoms. The number of rotatable bonds is 15. The molecule has 0 unspecified atom stereocenters. The Balaban J connectivity index is 1.79. The minimum absolute atomic E-state index is 0.0694. The molecule has 0 heterocycles. The highest BCUT2D eigenvalue weighted by Gasteiger charge is 2.34. The van der Waals surface area contributed by atoms with Crippen LogP contribution in [0.1, 0.15) is 37.0 Å². The van der Waals surface area contributed by atoms with Crippen LogP contribution < -0.4 is 14.4 Å². The van der Waals surface area contributed by atoms with Crippen molar-refractivity contribution in [2.24, 2.45) is 0 Å². The van der Waals surface area contributed by atoms with Gasteiger partial charge < -0.3 is 15.0 Å². The molecule has 0 saturated heterocycles. The van der Waals surface area contributed by atoms with Gasteiger partial charge in [0, 0.05) is 19.5 Å². The number of halogens is 1. The van der Waals surface area contributed by atoms with E-state index >= 15 is 0 Å². The summed E-state index contributed by atoms with van der Waals surface area (Å²) in [6, 6.07) is 26.8. The molecule has 2 amide bonds. The third-order valence-electron chi connectivity index (χ3n) is 7.54. The number of carbonyl (C=O) groups is 2. The normalized spacial score (nSPS) is 11.8. The van der Waals surface area contributed by atoms with E-state index in [9.17, 15) is 22.4 Å². The highest BCUT2D eigenvalue weighted by atomic mass is 32.2. The third kappa shape index (κ3) is 8.72. The average Bonchev–Trinajstić information content (AvgIpc) is 3.06. The second-order valence-electron chi connectivity index (χ2n) is 10.8. The van der Waals surface area contributed by atoms with Gasteiger partial charge in [-0.15, -0.1) is 0 Å². The molecule has 0 fully saturated rings. The summed E-state index contributed by atoms with van der Waals surface area (Å²) in [5.74, 6) is -0.979. The first-order valence-electron chi connectivity index (χ1n) is 15.3. The van der Waals surface area contributed by atoms with E-state index in [-0.39, 0.29) is 29.5 Å². The molecule has 0 radical (unpaired) electrons. The highest BCUT2D eigenvalue weighted by Crippen LogP contribution is 2.27. The monoisotopic (exact) mass is 645 g/mol. The van der Waals surface area contributed by atoms with E-state index in [0.717, 1.165) is 33.1 Å². The fraction of sp³-hybridized carbons (Fsp3) is 0.278. The molecular weight excluding hydrogens is 605 g/mol. The van der Waals surface area contributed by atoms with Crippen LogP contribution in [-0.2, 0) is 32.6 Å². The van der Waals surface area contributed by atoms with Crippen molar-refractivity contribution in [3.05, 3.63) is 126 Å². The predicted octanol–water partition coefficient (Wildman–Crippen LogP) is 5.89. The summed E-state index contributed by atoms with van der Waals surface area (Å²) >= 11 is 0. The number of amides is 2. The quantitative estimate of drug-likeness (QED) is 0.174. The van der Waals surface area contributed by atoms with Crippen LogP contribution in [0.25, 0.3) is 0 Å². The lowest BCUT2D eigenvalue weighted by atomic mass is 10.0. The SMILES string of the molecule is CCCNC(=O)[C@@H](Cc1ccccc1)N(Cc1ccccc1C)C(=O)CN(c1ccc(F)cc1)S(=O)(=O)c1ccc(OCC)cc1. The lowest BCUT2D eigenvalue weighted by Crippen LogP contribution is -2.53. The summed E-state index contributed by atoms with van der Waals surface area (Å²) in [7, 11) is -4.32. The van der Waals surface area contributed by atoms with Gasteiger partial charge in [0.15, 0.2) is 0 Å². The Morgan fingerprint density at radius 2 is 1.52 bits per heavy atom. The molecule has 0 bridgehead atoms. The molecule has 0 aliphatic carbocycles. The topological polar surface area (TPSA) is 96.0 Å². The van der Waals surface area contributed by atoms with Crippen molar-refractivity contribution in [3.8, 4) is 5.75 Å². The Kier molecular flexibility index (Phi) is 11.9. The first-order chi connectivity index (χ1) is 22.1. The largest absolute Gasteiger partial charge is 0.494 e. The molecule has 242 valence electrons. The van der Waals surface area contributed by atoms with E-state index in [1.807, 2.05) is 75.4 Å². The van der Waals surface area contributed by atoms with Crippen LogP contribution in [0.2, 0.25) is 0 Å². The fourth-order valence-electron chi connectivity index (χ4n) is 5.03. The van der Waals surface area contributed by atoms with Gasteiger partial charge in [-0.05, 0) is 85.5 Å². The van der Waals surface area contributed by atoms with Crippen LogP contribution in [0, 0.1) is 12.7 Å². The number of hydrogen-bond donors (Lipinski definition) is 1. The standard InChI is InChI=1S/C36H40FN3O5S/c1-4-23-38-36(42)34(24-28-12-7-6-8-13-28)39(25-29-14-10-9-11-27(29)3)35(41)26-40(31-17-15-30(37)16-18-31)46(43,44)33-21-19-32(20-22-33)45-5-2/h6-22,34H,4-5,23-26H2,1-3H3,(H,38,42)/t34-/m1/s1. The van der Waals surface area contributed by atoms with Gasteiger partial charge in [0.25, 0.3) is 10.0 Å². The first-order valence-corrected chi connectivity index (χ1v) is 16.7. The van der Waals surface area contributed by atoms with Crippen LogP contribution in [0.15, 0.2) is 108 Å². The van der Waals surface area contributed by atoms with Gasteiger partial charge in [-0.1, -0.05) is 61.5 Å². The number of sulfonamides is 1. The summed E-state index contributed by atoms with van der Waals surface area (Å²) in [6.45, 7) is 5.96. The van der Waals surface area contributed by atoms with Crippen LogP contribution in [0.5, 0.6) is 5.75 Å².